The zero-order valence-corrected chi connectivity index (χ0v) is 10.0. The molecule has 1 nitrogen and oxygen atoms in total. The van der Waals surface area contributed by atoms with Crippen LogP contribution in [0.1, 0.15) is 31.7 Å². The van der Waals surface area contributed by atoms with Crippen LogP contribution in [0.4, 0.5) is 0 Å². The molecule has 0 atom stereocenters. The van der Waals surface area contributed by atoms with E-state index in [-0.39, 0.29) is 0 Å². The second-order valence-electron chi connectivity index (χ2n) is 3.82. The third-order valence-electron chi connectivity index (χ3n) is 2.62. The maximum atomic E-state index is 5.35. The minimum absolute atomic E-state index is 0.640. The summed E-state index contributed by atoms with van der Waals surface area (Å²) in [6.07, 6.45) is 10.4. The van der Waals surface area contributed by atoms with Gasteiger partial charge in [0, 0.05) is 6.54 Å². The van der Waals surface area contributed by atoms with Gasteiger partial charge >= 0.3 is 0 Å². The van der Waals surface area contributed by atoms with Crippen molar-refractivity contribution in [1.82, 2.24) is 0 Å². The lowest BCUT2D eigenvalue weighted by atomic mass is 10.0. The van der Waals surface area contributed by atoms with Gasteiger partial charge in [0.1, 0.15) is 0 Å². The summed E-state index contributed by atoms with van der Waals surface area (Å²) in [7, 11) is 0. The van der Waals surface area contributed by atoms with Crippen molar-refractivity contribution in [2.24, 2.45) is 5.73 Å². The van der Waals surface area contributed by atoms with Gasteiger partial charge in [-0.3, -0.25) is 0 Å². The van der Waals surface area contributed by atoms with Crippen molar-refractivity contribution in [2.45, 2.75) is 32.7 Å². The number of allylic oxidation sites excluding steroid dienone is 4. The fraction of sp³-hybridized carbons (Fsp3) is 0.333. The van der Waals surface area contributed by atoms with Gasteiger partial charge < -0.3 is 5.73 Å². The second kappa shape index (κ2) is 7.89. The molecular formula is C15H21N. The average Bonchev–Trinajstić information content (AvgIpc) is 2.41. The van der Waals surface area contributed by atoms with Gasteiger partial charge in [0.05, 0.1) is 0 Å². The Balaban J connectivity index is 0.000000160. The van der Waals surface area contributed by atoms with Gasteiger partial charge in [-0.1, -0.05) is 61.1 Å². The minimum Gasteiger partial charge on any atom is -0.326 e. The molecule has 2 rings (SSSR count). The number of rotatable bonds is 2. The van der Waals surface area contributed by atoms with Gasteiger partial charge in [-0.15, -0.1) is 0 Å². The Morgan fingerprint density at radius 1 is 1.12 bits per heavy atom. The fourth-order valence-corrected chi connectivity index (χ4v) is 1.55. The van der Waals surface area contributed by atoms with E-state index < -0.39 is 0 Å². The number of hydrogen-bond donors (Lipinski definition) is 1. The van der Waals surface area contributed by atoms with E-state index in [1.54, 1.807) is 5.57 Å². The van der Waals surface area contributed by atoms with Gasteiger partial charge in [-0.05, 0) is 24.8 Å². The molecule has 86 valence electrons. The van der Waals surface area contributed by atoms with Crippen LogP contribution in [0, 0.1) is 0 Å². The fourth-order valence-electron chi connectivity index (χ4n) is 1.55. The first-order valence-corrected chi connectivity index (χ1v) is 5.93. The molecule has 0 aromatic heterocycles. The van der Waals surface area contributed by atoms with E-state index in [1.807, 2.05) is 30.3 Å². The molecule has 1 aromatic carbocycles. The monoisotopic (exact) mass is 215 g/mol. The lowest BCUT2D eigenvalue weighted by molar-refractivity contribution is 0.991. The van der Waals surface area contributed by atoms with Gasteiger partial charge in [0.25, 0.3) is 0 Å². The standard InChI is InChI=1S/C8H12.C7H9N/c1-2-8-6-4-3-5-7-8;8-6-7-4-2-1-3-5-7/h3-4,7H,2,5-6H2,1H3;1-5H,6,8H2. The number of benzene rings is 1. The molecule has 0 unspecified atom stereocenters. The SMILES string of the molecule is CCC1=CCC=CC1.NCc1ccccc1. The highest BCUT2D eigenvalue weighted by molar-refractivity contribution is 5.14. The predicted octanol–water partition coefficient (Wildman–Crippen LogP) is 3.82. The molecular weight excluding hydrogens is 194 g/mol. The van der Waals surface area contributed by atoms with Crippen molar-refractivity contribution in [1.29, 1.82) is 0 Å². The normalized spacial score (nSPS) is 13.8. The first-order chi connectivity index (χ1) is 7.86. The van der Waals surface area contributed by atoms with Crippen molar-refractivity contribution in [3.05, 3.63) is 59.7 Å². The van der Waals surface area contributed by atoms with Gasteiger partial charge in [0.15, 0.2) is 0 Å². The Kier molecular flexibility index (Phi) is 6.28. The maximum absolute atomic E-state index is 5.35. The van der Waals surface area contributed by atoms with Crippen LogP contribution in [-0.2, 0) is 6.54 Å². The van der Waals surface area contributed by atoms with Crippen LogP contribution in [-0.4, -0.2) is 0 Å². The van der Waals surface area contributed by atoms with E-state index in [1.165, 1.54) is 18.4 Å². The molecule has 0 saturated heterocycles. The van der Waals surface area contributed by atoms with Crippen LogP contribution in [0.5, 0.6) is 0 Å². The van der Waals surface area contributed by atoms with Crippen LogP contribution >= 0.6 is 0 Å². The summed E-state index contributed by atoms with van der Waals surface area (Å²) in [5, 5.41) is 0. The second-order valence-corrected chi connectivity index (χ2v) is 3.82. The Morgan fingerprint density at radius 3 is 2.25 bits per heavy atom. The molecule has 0 aliphatic heterocycles. The van der Waals surface area contributed by atoms with Crippen molar-refractivity contribution in [3.63, 3.8) is 0 Å². The largest absolute Gasteiger partial charge is 0.326 e. The van der Waals surface area contributed by atoms with Crippen molar-refractivity contribution >= 4 is 0 Å². The number of hydrogen-bond acceptors (Lipinski definition) is 1. The van der Waals surface area contributed by atoms with Crippen molar-refractivity contribution in [3.8, 4) is 0 Å². The quantitative estimate of drug-likeness (QED) is 0.746. The van der Waals surface area contributed by atoms with Crippen molar-refractivity contribution < 1.29 is 0 Å². The summed E-state index contributed by atoms with van der Waals surface area (Å²) in [5.41, 5.74) is 8.13. The first kappa shape index (κ1) is 12.7. The van der Waals surface area contributed by atoms with Crippen LogP contribution in [0.2, 0.25) is 0 Å². The van der Waals surface area contributed by atoms with Crippen LogP contribution in [0.3, 0.4) is 0 Å². The van der Waals surface area contributed by atoms with E-state index >= 15 is 0 Å². The molecule has 0 radical (unpaired) electrons. The summed E-state index contributed by atoms with van der Waals surface area (Å²) in [4.78, 5) is 0. The summed E-state index contributed by atoms with van der Waals surface area (Å²) in [6.45, 7) is 2.85. The Hall–Kier alpha value is -1.34. The molecule has 16 heavy (non-hydrogen) atoms. The Morgan fingerprint density at radius 2 is 1.88 bits per heavy atom. The summed E-state index contributed by atoms with van der Waals surface area (Å²) >= 11 is 0. The molecule has 1 heteroatoms. The van der Waals surface area contributed by atoms with Gasteiger partial charge in [0.2, 0.25) is 0 Å². The zero-order chi connectivity index (χ0) is 11.6. The summed E-state index contributed by atoms with van der Waals surface area (Å²) in [5.74, 6) is 0. The van der Waals surface area contributed by atoms with E-state index in [0.717, 1.165) is 6.42 Å². The van der Waals surface area contributed by atoms with Gasteiger partial charge in [-0.25, -0.2) is 0 Å². The lowest BCUT2D eigenvalue weighted by Gasteiger charge is -2.02. The highest BCUT2D eigenvalue weighted by Crippen LogP contribution is 2.12. The Labute approximate surface area is 98.7 Å². The molecule has 1 aliphatic rings. The molecule has 0 amide bonds. The van der Waals surface area contributed by atoms with Crippen molar-refractivity contribution in [2.75, 3.05) is 0 Å². The molecule has 1 aromatic rings. The van der Waals surface area contributed by atoms with E-state index in [0.29, 0.717) is 6.54 Å². The zero-order valence-electron chi connectivity index (χ0n) is 10.0. The van der Waals surface area contributed by atoms with Gasteiger partial charge in [-0.2, -0.15) is 0 Å². The summed E-state index contributed by atoms with van der Waals surface area (Å²) in [6, 6.07) is 9.99. The lowest BCUT2D eigenvalue weighted by Crippen LogP contribution is -1.94. The molecule has 0 saturated carbocycles. The molecule has 2 N–H and O–H groups in total. The van der Waals surface area contributed by atoms with Crippen LogP contribution < -0.4 is 5.73 Å². The molecule has 1 aliphatic carbocycles. The summed E-state index contributed by atoms with van der Waals surface area (Å²) < 4.78 is 0. The minimum atomic E-state index is 0.640. The molecule has 0 bridgehead atoms. The molecule has 0 heterocycles. The highest BCUT2D eigenvalue weighted by Gasteiger charge is 1.92. The van der Waals surface area contributed by atoms with E-state index in [4.69, 9.17) is 5.73 Å². The average molecular weight is 215 g/mol. The highest BCUT2D eigenvalue weighted by atomic mass is 14.5. The maximum Gasteiger partial charge on any atom is 0.0178 e. The van der Waals surface area contributed by atoms with E-state index in [2.05, 4.69) is 25.2 Å². The third kappa shape index (κ3) is 4.94. The number of nitrogens with two attached hydrogens (primary N) is 1. The van der Waals surface area contributed by atoms with Crippen LogP contribution in [0.15, 0.2) is 54.1 Å². The smallest absolute Gasteiger partial charge is 0.0178 e. The first-order valence-electron chi connectivity index (χ1n) is 5.93. The molecule has 0 fully saturated rings. The topological polar surface area (TPSA) is 26.0 Å². The molecule has 0 spiro atoms. The Bertz CT molecular complexity index is 336. The third-order valence-corrected chi connectivity index (χ3v) is 2.62. The van der Waals surface area contributed by atoms with Crippen LogP contribution in [0.25, 0.3) is 0 Å². The van der Waals surface area contributed by atoms with E-state index in [9.17, 15) is 0 Å². The predicted molar refractivity (Wildman–Crippen MR) is 71.1 cm³/mol.